The van der Waals surface area contributed by atoms with E-state index in [1.165, 1.54) is 24.8 Å². The van der Waals surface area contributed by atoms with E-state index in [9.17, 15) is 4.79 Å². The first-order valence-corrected chi connectivity index (χ1v) is 10.0. The lowest BCUT2D eigenvalue weighted by molar-refractivity contribution is -0.168. The van der Waals surface area contributed by atoms with Crippen molar-refractivity contribution in [2.75, 3.05) is 6.61 Å². The first kappa shape index (κ1) is 18.5. The molecule has 1 fully saturated rings. The molecule has 0 aliphatic heterocycles. The minimum atomic E-state index is -0.361. The smallest absolute Gasteiger partial charge is 0.312 e. The third kappa shape index (κ3) is 3.02. The van der Waals surface area contributed by atoms with Crippen LogP contribution in [-0.2, 0) is 9.53 Å². The molecule has 25 heavy (non-hydrogen) atoms. The van der Waals surface area contributed by atoms with Gasteiger partial charge in [0.15, 0.2) is 0 Å². The fraction of sp³-hybridized carbons (Fsp3) is 0.696. The fourth-order valence-electron chi connectivity index (χ4n) is 5.89. The molecule has 138 valence electrons. The van der Waals surface area contributed by atoms with Gasteiger partial charge < -0.3 is 4.74 Å². The predicted octanol–water partition coefficient (Wildman–Crippen LogP) is 5.85. The summed E-state index contributed by atoms with van der Waals surface area (Å²) in [6.07, 6.45) is 13.3. The Kier molecular flexibility index (Phi) is 5.01. The van der Waals surface area contributed by atoms with E-state index in [2.05, 4.69) is 46.4 Å². The highest BCUT2D eigenvalue weighted by atomic mass is 16.5. The highest BCUT2D eigenvalue weighted by molar-refractivity contribution is 5.77. The topological polar surface area (TPSA) is 26.3 Å². The van der Waals surface area contributed by atoms with Gasteiger partial charge in [0.1, 0.15) is 6.61 Å². The van der Waals surface area contributed by atoms with Gasteiger partial charge in [-0.25, -0.2) is 0 Å². The van der Waals surface area contributed by atoms with E-state index in [1.54, 1.807) is 11.6 Å². The highest BCUT2D eigenvalue weighted by Gasteiger charge is 2.57. The van der Waals surface area contributed by atoms with Crippen molar-refractivity contribution in [1.82, 2.24) is 0 Å². The van der Waals surface area contributed by atoms with Crippen LogP contribution in [0.15, 0.2) is 36.0 Å². The minimum Gasteiger partial charge on any atom is -0.461 e. The zero-order chi connectivity index (χ0) is 18.2. The van der Waals surface area contributed by atoms with Crippen LogP contribution < -0.4 is 0 Å². The monoisotopic (exact) mass is 342 g/mol. The van der Waals surface area contributed by atoms with Crippen LogP contribution >= 0.6 is 0 Å². The average Bonchev–Trinajstić information content (AvgIpc) is 2.58. The molecule has 1 unspecified atom stereocenters. The molecule has 3 rings (SSSR count). The van der Waals surface area contributed by atoms with Crippen LogP contribution in [0, 0.1) is 28.6 Å². The lowest BCUT2D eigenvalue weighted by Crippen LogP contribution is -2.53. The standard InChI is InChI=1S/C23H34O2/c1-6-14-25-21(24)23(5)13-7-12-22(4)19-10-8-17(16(2)3)15-18(19)9-11-20(22)23/h6,9,15-16,19-20H,1,7-8,10-14H2,2-5H3/t19-,20?,22+,23+/m0/s1. The van der Waals surface area contributed by atoms with Crippen molar-refractivity contribution in [3.05, 3.63) is 36.0 Å². The molecular weight excluding hydrogens is 308 g/mol. The van der Waals surface area contributed by atoms with Crippen LogP contribution in [0.2, 0.25) is 0 Å². The first-order valence-electron chi connectivity index (χ1n) is 10.0. The number of rotatable bonds is 4. The largest absolute Gasteiger partial charge is 0.461 e. The van der Waals surface area contributed by atoms with Gasteiger partial charge in [-0.2, -0.15) is 0 Å². The summed E-state index contributed by atoms with van der Waals surface area (Å²) in [7, 11) is 0. The number of carbonyl (C=O) groups is 1. The van der Waals surface area contributed by atoms with E-state index in [0.29, 0.717) is 24.4 Å². The van der Waals surface area contributed by atoms with Crippen LogP contribution in [0.1, 0.15) is 66.2 Å². The van der Waals surface area contributed by atoms with Crippen molar-refractivity contribution >= 4 is 5.97 Å². The lowest BCUT2D eigenvalue weighted by atomic mass is 9.47. The summed E-state index contributed by atoms with van der Waals surface area (Å²) in [5, 5.41) is 0. The maximum absolute atomic E-state index is 12.9. The van der Waals surface area contributed by atoms with Gasteiger partial charge in [0, 0.05) is 0 Å². The van der Waals surface area contributed by atoms with Gasteiger partial charge in [-0.15, -0.1) is 0 Å². The summed E-state index contributed by atoms with van der Waals surface area (Å²) in [4.78, 5) is 12.9. The zero-order valence-electron chi connectivity index (χ0n) is 16.4. The number of fused-ring (bicyclic) bond motifs is 3. The molecule has 0 radical (unpaired) electrons. The molecule has 0 bridgehead atoms. The molecule has 0 N–H and O–H groups in total. The zero-order valence-corrected chi connectivity index (χ0v) is 16.4. The second kappa shape index (κ2) is 6.78. The molecule has 0 aromatic carbocycles. The number of hydrogen-bond donors (Lipinski definition) is 0. The molecule has 1 saturated carbocycles. The third-order valence-corrected chi connectivity index (χ3v) is 7.38. The number of carbonyl (C=O) groups excluding carboxylic acids is 1. The molecule has 0 aromatic heterocycles. The quantitative estimate of drug-likeness (QED) is 0.473. The molecular formula is C23H34O2. The Morgan fingerprint density at radius 2 is 2.16 bits per heavy atom. The van der Waals surface area contributed by atoms with Crippen molar-refractivity contribution in [3.8, 4) is 0 Å². The second-order valence-electron chi connectivity index (χ2n) is 9.12. The van der Waals surface area contributed by atoms with Gasteiger partial charge in [0.2, 0.25) is 0 Å². The van der Waals surface area contributed by atoms with E-state index in [4.69, 9.17) is 4.74 Å². The Balaban J connectivity index is 1.93. The van der Waals surface area contributed by atoms with E-state index in [-0.39, 0.29) is 16.8 Å². The van der Waals surface area contributed by atoms with E-state index in [1.807, 2.05) is 0 Å². The lowest BCUT2D eigenvalue weighted by Gasteiger charge is -2.57. The Labute approximate surface area is 153 Å². The van der Waals surface area contributed by atoms with Crippen molar-refractivity contribution < 1.29 is 9.53 Å². The summed E-state index contributed by atoms with van der Waals surface area (Å²) in [6, 6.07) is 0. The maximum atomic E-state index is 12.9. The molecule has 2 heteroatoms. The number of hydrogen-bond acceptors (Lipinski definition) is 2. The van der Waals surface area contributed by atoms with Crippen LogP contribution in [-0.4, -0.2) is 12.6 Å². The molecule has 4 atom stereocenters. The summed E-state index contributed by atoms with van der Waals surface area (Å²) in [5.41, 5.74) is 2.98. The Hall–Kier alpha value is -1.31. The van der Waals surface area contributed by atoms with Crippen LogP contribution in [0.3, 0.4) is 0 Å². The van der Waals surface area contributed by atoms with Crippen LogP contribution in [0.5, 0.6) is 0 Å². The SMILES string of the molecule is C=CCOC(=O)[C@]1(C)CCC[C@@]2(C)C1CC=C1C=C(C(C)C)CC[C@@H]12. The van der Waals surface area contributed by atoms with Crippen LogP contribution in [0.25, 0.3) is 0 Å². The van der Waals surface area contributed by atoms with Crippen molar-refractivity contribution in [2.24, 2.45) is 28.6 Å². The van der Waals surface area contributed by atoms with Gasteiger partial charge in [0.05, 0.1) is 5.41 Å². The molecule has 0 saturated heterocycles. The van der Waals surface area contributed by atoms with Gasteiger partial charge in [-0.3, -0.25) is 4.79 Å². The first-order chi connectivity index (χ1) is 11.8. The molecule has 2 nitrogen and oxygen atoms in total. The highest BCUT2D eigenvalue weighted by Crippen LogP contribution is 2.62. The fourth-order valence-corrected chi connectivity index (χ4v) is 5.89. The molecule has 0 amide bonds. The molecule has 3 aliphatic carbocycles. The molecule has 3 aliphatic rings. The second-order valence-corrected chi connectivity index (χ2v) is 9.12. The minimum absolute atomic E-state index is 0.0191. The number of ether oxygens (including phenoxy) is 1. The number of allylic oxidation sites excluding steroid dienone is 4. The van der Waals surface area contributed by atoms with Crippen LogP contribution in [0.4, 0.5) is 0 Å². The average molecular weight is 343 g/mol. The Morgan fingerprint density at radius 3 is 2.84 bits per heavy atom. The van der Waals surface area contributed by atoms with Gasteiger partial charge >= 0.3 is 5.97 Å². The number of esters is 1. The van der Waals surface area contributed by atoms with E-state index < -0.39 is 0 Å². The molecule has 0 aromatic rings. The van der Waals surface area contributed by atoms with E-state index >= 15 is 0 Å². The van der Waals surface area contributed by atoms with Gasteiger partial charge in [0.25, 0.3) is 0 Å². The summed E-state index contributed by atoms with van der Waals surface area (Å²) >= 11 is 0. The van der Waals surface area contributed by atoms with Crippen molar-refractivity contribution in [3.63, 3.8) is 0 Å². The molecule has 0 spiro atoms. The third-order valence-electron chi connectivity index (χ3n) is 7.38. The summed E-state index contributed by atoms with van der Waals surface area (Å²) < 4.78 is 5.52. The molecule has 0 heterocycles. The normalized spacial score (nSPS) is 37.5. The predicted molar refractivity (Wildman–Crippen MR) is 103 cm³/mol. The maximum Gasteiger partial charge on any atom is 0.312 e. The van der Waals surface area contributed by atoms with Gasteiger partial charge in [-0.05, 0) is 67.8 Å². The van der Waals surface area contributed by atoms with Crippen molar-refractivity contribution in [1.29, 1.82) is 0 Å². The Morgan fingerprint density at radius 1 is 1.40 bits per heavy atom. The van der Waals surface area contributed by atoms with Crippen molar-refractivity contribution in [2.45, 2.75) is 66.2 Å². The van der Waals surface area contributed by atoms with E-state index in [0.717, 1.165) is 19.3 Å². The summed E-state index contributed by atoms with van der Waals surface area (Å²) in [6.45, 7) is 13.2. The van der Waals surface area contributed by atoms with Gasteiger partial charge in [-0.1, -0.05) is 57.6 Å². The summed E-state index contributed by atoms with van der Waals surface area (Å²) in [5.74, 6) is 1.60. The Bertz CT molecular complexity index is 612.